The molecule has 2 fully saturated rings. The van der Waals surface area contributed by atoms with Crippen molar-refractivity contribution in [3.8, 4) is 0 Å². The Bertz CT molecular complexity index is 225. The molecule has 1 aliphatic heterocycles. The van der Waals surface area contributed by atoms with Crippen molar-refractivity contribution >= 4 is 5.97 Å². The van der Waals surface area contributed by atoms with Crippen LogP contribution in [0, 0.1) is 11.8 Å². The van der Waals surface area contributed by atoms with Crippen molar-refractivity contribution < 1.29 is 14.3 Å². The number of esters is 1. The van der Waals surface area contributed by atoms with E-state index in [1.807, 2.05) is 0 Å². The van der Waals surface area contributed by atoms with E-state index in [1.54, 1.807) is 0 Å². The molecule has 0 aromatic rings. The SMILES string of the molecule is CC1CCC(C(=O)OCC2CCCC2)CO1. The molecule has 0 spiro atoms. The van der Waals surface area contributed by atoms with E-state index < -0.39 is 0 Å². The maximum atomic E-state index is 11.8. The zero-order valence-electron chi connectivity index (χ0n) is 10.1. The van der Waals surface area contributed by atoms with E-state index in [0.29, 0.717) is 25.2 Å². The van der Waals surface area contributed by atoms with Gasteiger partial charge < -0.3 is 9.47 Å². The fourth-order valence-electron chi connectivity index (χ4n) is 2.56. The Kier molecular flexibility index (Phi) is 4.22. The average Bonchev–Trinajstić information content (AvgIpc) is 2.80. The largest absolute Gasteiger partial charge is 0.465 e. The van der Waals surface area contributed by atoms with Gasteiger partial charge in [0.15, 0.2) is 0 Å². The van der Waals surface area contributed by atoms with Crippen molar-refractivity contribution in [2.75, 3.05) is 13.2 Å². The zero-order chi connectivity index (χ0) is 11.4. The molecule has 92 valence electrons. The van der Waals surface area contributed by atoms with Gasteiger partial charge in [-0.25, -0.2) is 0 Å². The lowest BCUT2D eigenvalue weighted by molar-refractivity contribution is -0.156. The Morgan fingerprint density at radius 2 is 2.00 bits per heavy atom. The van der Waals surface area contributed by atoms with Crippen LogP contribution in [0.25, 0.3) is 0 Å². The molecule has 1 aliphatic carbocycles. The first kappa shape index (κ1) is 11.9. The summed E-state index contributed by atoms with van der Waals surface area (Å²) in [5.74, 6) is 0.559. The Balaban J connectivity index is 1.67. The summed E-state index contributed by atoms with van der Waals surface area (Å²) in [6.45, 7) is 3.23. The lowest BCUT2D eigenvalue weighted by Gasteiger charge is -2.25. The highest BCUT2D eigenvalue weighted by Crippen LogP contribution is 2.26. The number of carbonyl (C=O) groups is 1. The maximum absolute atomic E-state index is 11.8. The number of carbonyl (C=O) groups excluding carboxylic acids is 1. The third-order valence-electron chi connectivity index (χ3n) is 3.77. The van der Waals surface area contributed by atoms with Gasteiger partial charge in [-0.1, -0.05) is 12.8 Å². The summed E-state index contributed by atoms with van der Waals surface area (Å²) in [6.07, 6.45) is 7.25. The van der Waals surface area contributed by atoms with Crippen LogP contribution >= 0.6 is 0 Å². The molecule has 3 heteroatoms. The van der Waals surface area contributed by atoms with Crippen molar-refractivity contribution in [1.82, 2.24) is 0 Å². The van der Waals surface area contributed by atoms with Gasteiger partial charge in [-0.3, -0.25) is 4.79 Å². The summed E-state index contributed by atoms with van der Waals surface area (Å²) < 4.78 is 10.9. The third kappa shape index (κ3) is 3.21. The molecule has 0 N–H and O–H groups in total. The summed E-state index contributed by atoms with van der Waals surface area (Å²) >= 11 is 0. The van der Waals surface area contributed by atoms with Gasteiger partial charge in [-0.05, 0) is 38.5 Å². The Morgan fingerprint density at radius 1 is 1.25 bits per heavy atom. The van der Waals surface area contributed by atoms with Gasteiger partial charge in [0.1, 0.15) is 0 Å². The Morgan fingerprint density at radius 3 is 2.62 bits per heavy atom. The lowest BCUT2D eigenvalue weighted by atomic mass is 9.99. The predicted octanol–water partition coefficient (Wildman–Crippen LogP) is 2.53. The highest BCUT2D eigenvalue weighted by molar-refractivity contribution is 5.72. The van der Waals surface area contributed by atoms with Crippen molar-refractivity contribution in [3.05, 3.63) is 0 Å². The van der Waals surface area contributed by atoms with Crippen LogP contribution in [0.5, 0.6) is 0 Å². The molecular weight excluding hydrogens is 204 g/mol. The minimum atomic E-state index is -0.0428. The second kappa shape index (κ2) is 5.67. The average molecular weight is 226 g/mol. The highest BCUT2D eigenvalue weighted by Gasteiger charge is 2.27. The highest BCUT2D eigenvalue weighted by atomic mass is 16.5. The van der Waals surface area contributed by atoms with Crippen LogP contribution in [0.1, 0.15) is 45.4 Å². The van der Waals surface area contributed by atoms with E-state index in [9.17, 15) is 4.79 Å². The molecule has 16 heavy (non-hydrogen) atoms. The molecule has 0 aromatic carbocycles. The molecule has 2 rings (SSSR count). The van der Waals surface area contributed by atoms with Crippen LogP contribution < -0.4 is 0 Å². The maximum Gasteiger partial charge on any atom is 0.311 e. The van der Waals surface area contributed by atoms with E-state index in [2.05, 4.69) is 6.92 Å². The predicted molar refractivity (Wildman–Crippen MR) is 61.1 cm³/mol. The van der Waals surface area contributed by atoms with Crippen LogP contribution in [0.15, 0.2) is 0 Å². The van der Waals surface area contributed by atoms with Gasteiger partial charge >= 0.3 is 5.97 Å². The van der Waals surface area contributed by atoms with E-state index >= 15 is 0 Å². The van der Waals surface area contributed by atoms with Crippen LogP contribution in [0.3, 0.4) is 0 Å². The molecule has 1 heterocycles. The second-order valence-electron chi connectivity index (χ2n) is 5.20. The van der Waals surface area contributed by atoms with Crippen LogP contribution in [0.4, 0.5) is 0 Å². The summed E-state index contributed by atoms with van der Waals surface area (Å²) in [5, 5.41) is 0. The molecule has 2 atom stereocenters. The van der Waals surface area contributed by atoms with Gasteiger partial charge in [0.25, 0.3) is 0 Å². The van der Waals surface area contributed by atoms with Crippen molar-refractivity contribution in [2.24, 2.45) is 11.8 Å². The number of hydrogen-bond acceptors (Lipinski definition) is 3. The molecule has 2 unspecified atom stereocenters. The van der Waals surface area contributed by atoms with Crippen LogP contribution in [-0.2, 0) is 14.3 Å². The quantitative estimate of drug-likeness (QED) is 0.694. The first-order chi connectivity index (χ1) is 7.75. The Labute approximate surface area is 97.5 Å². The summed E-state index contributed by atoms with van der Waals surface area (Å²) in [6, 6.07) is 0. The fraction of sp³-hybridized carbons (Fsp3) is 0.923. The van der Waals surface area contributed by atoms with Gasteiger partial charge in [0.05, 0.1) is 25.2 Å². The summed E-state index contributed by atoms with van der Waals surface area (Å²) in [4.78, 5) is 11.8. The number of rotatable bonds is 3. The number of ether oxygens (including phenoxy) is 2. The van der Waals surface area contributed by atoms with Crippen LogP contribution in [-0.4, -0.2) is 25.3 Å². The first-order valence-electron chi connectivity index (χ1n) is 6.54. The monoisotopic (exact) mass is 226 g/mol. The van der Waals surface area contributed by atoms with Crippen molar-refractivity contribution in [2.45, 2.75) is 51.6 Å². The van der Waals surface area contributed by atoms with Crippen molar-refractivity contribution in [1.29, 1.82) is 0 Å². The van der Waals surface area contributed by atoms with E-state index in [-0.39, 0.29) is 11.9 Å². The molecule has 2 aliphatic rings. The molecule has 1 saturated carbocycles. The number of hydrogen-bond donors (Lipinski definition) is 0. The summed E-state index contributed by atoms with van der Waals surface area (Å²) in [5.41, 5.74) is 0. The standard InChI is InChI=1S/C13H22O3/c1-10-6-7-12(9-15-10)13(14)16-8-11-4-2-3-5-11/h10-12H,2-9H2,1H3. The molecule has 3 nitrogen and oxygen atoms in total. The van der Waals surface area contributed by atoms with Crippen LogP contribution in [0.2, 0.25) is 0 Å². The smallest absolute Gasteiger partial charge is 0.311 e. The molecule has 0 radical (unpaired) electrons. The van der Waals surface area contributed by atoms with Gasteiger partial charge in [-0.15, -0.1) is 0 Å². The van der Waals surface area contributed by atoms with E-state index in [0.717, 1.165) is 12.8 Å². The molecule has 1 saturated heterocycles. The topological polar surface area (TPSA) is 35.5 Å². The third-order valence-corrected chi connectivity index (χ3v) is 3.77. The van der Waals surface area contributed by atoms with Gasteiger partial charge in [0, 0.05) is 0 Å². The molecule has 0 bridgehead atoms. The second-order valence-corrected chi connectivity index (χ2v) is 5.20. The molecule has 0 amide bonds. The molecule has 0 aromatic heterocycles. The Hall–Kier alpha value is -0.570. The summed E-state index contributed by atoms with van der Waals surface area (Å²) in [7, 11) is 0. The zero-order valence-corrected chi connectivity index (χ0v) is 10.1. The minimum absolute atomic E-state index is 0.0161. The van der Waals surface area contributed by atoms with Gasteiger partial charge in [-0.2, -0.15) is 0 Å². The van der Waals surface area contributed by atoms with E-state index in [4.69, 9.17) is 9.47 Å². The lowest BCUT2D eigenvalue weighted by Crippen LogP contribution is -2.31. The fourth-order valence-corrected chi connectivity index (χ4v) is 2.56. The first-order valence-corrected chi connectivity index (χ1v) is 6.54. The normalized spacial score (nSPS) is 31.6. The van der Waals surface area contributed by atoms with E-state index in [1.165, 1.54) is 25.7 Å². The minimum Gasteiger partial charge on any atom is -0.465 e. The van der Waals surface area contributed by atoms with Gasteiger partial charge in [0.2, 0.25) is 0 Å². The molecular formula is C13H22O3. The van der Waals surface area contributed by atoms with Crippen molar-refractivity contribution in [3.63, 3.8) is 0 Å².